The van der Waals surface area contributed by atoms with E-state index in [0.717, 1.165) is 17.6 Å². The van der Waals surface area contributed by atoms with Crippen molar-refractivity contribution in [2.24, 2.45) is 5.73 Å². The lowest BCUT2D eigenvalue weighted by Gasteiger charge is -2.39. The number of halogens is 2. The molecule has 13 heavy (non-hydrogen) atoms. The van der Waals surface area contributed by atoms with Crippen molar-refractivity contribution in [1.29, 1.82) is 0 Å². The van der Waals surface area contributed by atoms with Gasteiger partial charge < -0.3 is 11.1 Å². The molecule has 1 heterocycles. The van der Waals surface area contributed by atoms with Gasteiger partial charge in [-0.25, -0.2) is 0 Å². The Morgan fingerprint density at radius 1 is 1.38 bits per heavy atom. The molecular weight excluding hydrogens is 251 g/mol. The smallest absolute Gasteiger partial charge is 0.0662 e. The molecule has 0 aliphatic carbocycles. The first kappa shape index (κ1) is 11.0. The summed E-state index contributed by atoms with van der Waals surface area (Å²) in [6, 6.07) is 8.19. The molecule has 1 fully saturated rings. The predicted molar refractivity (Wildman–Crippen MR) is 60.1 cm³/mol. The van der Waals surface area contributed by atoms with Crippen LogP contribution in [0.5, 0.6) is 0 Å². The van der Waals surface area contributed by atoms with E-state index in [2.05, 4.69) is 33.4 Å². The van der Waals surface area contributed by atoms with E-state index in [-0.39, 0.29) is 17.9 Å². The van der Waals surface area contributed by atoms with Gasteiger partial charge in [0.25, 0.3) is 0 Å². The zero-order chi connectivity index (χ0) is 8.60. The van der Waals surface area contributed by atoms with E-state index in [9.17, 15) is 0 Å². The molecular formula is C9H12BrClN2. The fourth-order valence-electron chi connectivity index (χ4n) is 1.40. The van der Waals surface area contributed by atoms with Crippen LogP contribution in [0.1, 0.15) is 5.56 Å². The summed E-state index contributed by atoms with van der Waals surface area (Å²) in [7, 11) is 0. The van der Waals surface area contributed by atoms with Crippen molar-refractivity contribution in [3.8, 4) is 0 Å². The van der Waals surface area contributed by atoms with Crippen molar-refractivity contribution in [2.75, 3.05) is 13.1 Å². The number of nitrogens with one attached hydrogen (secondary N) is 1. The highest BCUT2D eigenvalue weighted by Gasteiger charge is 2.33. The average Bonchev–Trinajstić information content (AvgIpc) is 2.00. The first-order valence-electron chi connectivity index (χ1n) is 3.96. The van der Waals surface area contributed by atoms with Crippen LogP contribution in [0.25, 0.3) is 0 Å². The lowest BCUT2D eigenvalue weighted by molar-refractivity contribution is 0.287. The van der Waals surface area contributed by atoms with E-state index in [4.69, 9.17) is 5.73 Å². The maximum atomic E-state index is 6.11. The first-order chi connectivity index (χ1) is 5.71. The highest BCUT2D eigenvalue weighted by Crippen LogP contribution is 2.24. The summed E-state index contributed by atoms with van der Waals surface area (Å²) in [6.07, 6.45) is 0. The summed E-state index contributed by atoms with van der Waals surface area (Å²) in [6.45, 7) is 1.76. The van der Waals surface area contributed by atoms with Crippen LogP contribution in [0.4, 0.5) is 0 Å². The molecule has 1 saturated heterocycles. The second-order valence-electron chi connectivity index (χ2n) is 3.27. The Balaban J connectivity index is 0.000000845. The van der Waals surface area contributed by atoms with Crippen molar-refractivity contribution in [3.63, 3.8) is 0 Å². The minimum absolute atomic E-state index is 0. The van der Waals surface area contributed by atoms with Crippen molar-refractivity contribution in [3.05, 3.63) is 34.3 Å². The molecule has 1 aliphatic heterocycles. The SMILES string of the molecule is Cl.NC1(c2cccc(Br)c2)CNC1. The molecule has 1 aromatic rings. The number of hydrogen-bond donors (Lipinski definition) is 2. The fourth-order valence-corrected chi connectivity index (χ4v) is 1.80. The second-order valence-corrected chi connectivity index (χ2v) is 4.19. The Morgan fingerprint density at radius 2 is 2.08 bits per heavy atom. The quantitative estimate of drug-likeness (QED) is 0.808. The summed E-state index contributed by atoms with van der Waals surface area (Å²) in [4.78, 5) is 0. The molecule has 1 aromatic carbocycles. The van der Waals surface area contributed by atoms with E-state index in [0.29, 0.717) is 0 Å². The summed E-state index contributed by atoms with van der Waals surface area (Å²) < 4.78 is 1.09. The van der Waals surface area contributed by atoms with Crippen LogP contribution in [0.15, 0.2) is 28.7 Å². The largest absolute Gasteiger partial charge is 0.319 e. The zero-order valence-corrected chi connectivity index (χ0v) is 9.49. The number of nitrogens with two attached hydrogens (primary N) is 1. The lowest BCUT2D eigenvalue weighted by atomic mass is 9.86. The minimum atomic E-state index is -0.135. The Hall–Kier alpha value is -0.0900. The molecule has 4 heteroatoms. The molecule has 0 atom stereocenters. The molecule has 3 N–H and O–H groups in total. The third-order valence-corrected chi connectivity index (χ3v) is 2.77. The topological polar surface area (TPSA) is 38.0 Å². The van der Waals surface area contributed by atoms with Crippen LogP contribution in [-0.4, -0.2) is 13.1 Å². The van der Waals surface area contributed by atoms with E-state index in [1.165, 1.54) is 5.56 Å². The molecule has 2 nitrogen and oxygen atoms in total. The first-order valence-corrected chi connectivity index (χ1v) is 4.76. The summed E-state index contributed by atoms with van der Waals surface area (Å²) in [5, 5.41) is 3.18. The number of rotatable bonds is 1. The summed E-state index contributed by atoms with van der Waals surface area (Å²) in [5.74, 6) is 0. The monoisotopic (exact) mass is 262 g/mol. The normalized spacial score (nSPS) is 18.6. The Kier molecular flexibility index (Phi) is 3.35. The van der Waals surface area contributed by atoms with Crippen LogP contribution in [-0.2, 0) is 5.54 Å². The predicted octanol–water partition coefficient (Wildman–Crippen LogP) is 1.63. The molecule has 0 bridgehead atoms. The number of benzene rings is 1. The van der Waals surface area contributed by atoms with E-state index in [1.54, 1.807) is 0 Å². The standard InChI is InChI=1S/C9H11BrN2.ClH/c10-8-3-1-2-7(4-8)9(11)5-12-6-9;/h1-4,12H,5-6,11H2;1H. The summed E-state index contributed by atoms with van der Waals surface area (Å²) >= 11 is 3.43. The Labute approximate surface area is 92.4 Å². The van der Waals surface area contributed by atoms with Crippen LogP contribution in [0, 0.1) is 0 Å². The molecule has 0 radical (unpaired) electrons. The molecule has 1 aliphatic rings. The van der Waals surface area contributed by atoms with Gasteiger partial charge >= 0.3 is 0 Å². The van der Waals surface area contributed by atoms with Gasteiger partial charge in [0, 0.05) is 17.6 Å². The second kappa shape index (κ2) is 3.96. The van der Waals surface area contributed by atoms with Crippen molar-refractivity contribution >= 4 is 28.3 Å². The van der Waals surface area contributed by atoms with Crippen LogP contribution in [0.3, 0.4) is 0 Å². The van der Waals surface area contributed by atoms with Crippen LogP contribution in [0.2, 0.25) is 0 Å². The summed E-state index contributed by atoms with van der Waals surface area (Å²) in [5.41, 5.74) is 7.18. The van der Waals surface area contributed by atoms with Gasteiger partial charge in [-0.1, -0.05) is 28.1 Å². The van der Waals surface area contributed by atoms with Crippen LogP contribution < -0.4 is 11.1 Å². The van der Waals surface area contributed by atoms with Gasteiger partial charge in [0.15, 0.2) is 0 Å². The Morgan fingerprint density at radius 3 is 2.54 bits per heavy atom. The number of hydrogen-bond acceptors (Lipinski definition) is 2. The van der Waals surface area contributed by atoms with E-state index in [1.807, 2.05) is 12.1 Å². The van der Waals surface area contributed by atoms with Gasteiger partial charge in [0.2, 0.25) is 0 Å². The average molecular weight is 264 g/mol. The minimum Gasteiger partial charge on any atom is -0.319 e. The van der Waals surface area contributed by atoms with Gasteiger partial charge in [0.1, 0.15) is 0 Å². The van der Waals surface area contributed by atoms with Crippen molar-refractivity contribution in [2.45, 2.75) is 5.54 Å². The van der Waals surface area contributed by atoms with Crippen molar-refractivity contribution < 1.29 is 0 Å². The van der Waals surface area contributed by atoms with Crippen molar-refractivity contribution in [1.82, 2.24) is 5.32 Å². The highest BCUT2D eigenvalue weighted by atomic mass is 79.9. The molecule has 0 saturated carbocycles. The van der Waals surface area contributed by atoms with E-state index >= 15 is 0 Å². The molecule has 0 unspecified atom stereocenters. The van der Waals surface area contributed by atoms with Crippen LogP contribution >= 0.6 is 28.3 Å². The zero-order valence-electron chi connectivity index (χ0n) is 7.09. The Bertz CT molecular complexity index is 299. The third kappa shape index (κ3) is 2.05. The van der Waals surface area contributed by atoms with E-state index < -0.39 is 0 Å². The molecule has 0 spiro atoms. The molecule has 0 aromatic heterocycles. The highest BCUT2D eigenvalue weighted by molar-refractivity contribution is 9.10. The lowest BCUT2D eigenvalue weighted by Crippen LogP contribution is -2.62. The van der Waals surface area contributed by atoms with Gasteiger partial charge in [-0.05, 0) is 17.7 Å². The maximum absolute atomic E-state index is 6.11. The molecule has 72 valence electrons. The van der Waals surface area contributed by atoms with Gasteiger partial charge in [-0.15, -0.1) is 12.4 Å². The van der Waals surface area contributed by atoms with Gasteiger partial charge in [-0.3, -0.25) is 0 Å². The van der Waals surface area contributed by atoms with Gasteiger partial charge in [-0.2, -0.15) is 0 Å². The molecule has 2 rings (SSSR count). The maximum Gasteiger partial charge on any atom is 0.0662 e. The molecule has 0 amide bonds. The van der Waals surface area contributed by atoms with Gasteiger partial charge in [0.05, 0.1) is 5.54 Å². The fraction of sp³-hybridized carbons (Fsp3) is 0.333. The third-order valence-electron chi connectivity index (χ3n) is 2.28.